The van der Waals surface area contributed by atoms with E-state index in [1.165, 1.54) is 12.1 Å². The molecule has 126 valence electrons. The van der Waals surface area contributed by atoms with Gasteiger partial charge in [-0.2, -0.15) is 13.2 Å². The first-order valence-corrected chi connectivity index (χ1v) is 7.03. The highest BCUT2D eigenvalue weighted by Gasteiger charge is 2.29. The molecule has 0 heterocycles. The molecule has 2 rings (SSSR count). The molecule has 0 bridgehead atoms. The fourth-order valence-corrected chi connectivity index (χ4v) is 1.96. The summed E-state index contributed by atoms with van der Waals surface area (Å²) < 4.78 is 42.1. The van der Waals surface area contributed by atoms with Crippen LogP contribution in [0.25, 0.3) is 0 Å². The Balaban J connectivity index is 1.88. The minimum atomic E-state index is -4.45. The van der Waals surface area contributed by atoms with E-state index in [9.17, 15) is 22.8 Å². The van der Waals surface area contributed by atoms with E-state index in [-0.39, 0.29) is 11.3 Å². The summed E-state index contributed by atoms with van der Waals surface area (Å²) in [4.78, 5) is 23.4. The summed E-state index contributed by atoms with van der Waals surface area (Å²) in [6.07, 6.45) is -4.45. The number of alkyl halides is 3. The number of ether oxygens (including phenoxy) is 1. The minimum absolute atomic E-state index is 0.159. The van der Waals surface area contributed by atoms with E-state index in [1.54, 1.807) is 12.1 Å². The topological polar surface area (TPSA) is 55.4 Å². The molecule has 2 aromatic rings. The molecule has 0 aliphatic heterocycles. The summed E-state index contributed by atoms with van der Waals surface area (Å²) in [6, 6.07) is 9.90. The standard InChI is InChI=1S/C16H11ClF3NO3/c17-12-3-1-2-10(8-12)15(23)24-9-14(22)21-13-6-4-11(5-7-13)16(18,19)20/h1-8H,9H2,(H,21,22). The lowest BCUT2D eigenvalue weighted by atomic mass is 10.2. The van der Waals surface area contributed by atoms with Crippen molar-refractivity contribution in [2.24, 2.45) is 0 Å². The molecule has 1 N–H and O–H groups in total. The summed E-state index contributed by atoms with van der Waals surface area (Å²) in [5.41, 5.74) is -0.482. The van der Waals surface area contributed by atoms with Gasteiger partial charge in [-0.15, -0.1) is 0 Å². The molecule has 0 aliphatic rings. The van der Waals surface area contributed by atoms with E-state index in [4.69, 9.17) is 16.3 Å². The predicted octanol–water partition coefficient (Wildman–Crippen LogP) is 4.15. The van der Waals surface area contributed by atoms with Gasteiger partial charge in [-0.05, 0) is 42.5 Å². The van der Waals surface area contributed by atoms with Crippen molar-refractivity contribution in [2.45, 2.75) is 6.18 Å². The Morgan fingerprint density at radius 2 is 1.75 bits per heavy atom. The van der Waals surface area contributed by atoms with E-state index in [2.05, 4.69) is 5.32 Å². The van der Waals surface area contributed by atoms with Crippen molar-refractivity contribution in [2.75, 3.05) is 11.9 Å². The van der Waals surface area contributed by atoms with Crippen LogP contribution in [0, 0.1) is 0 Å². The number of esters is 1. The van der Waals surface area contributed by atoms with Gasteiger partial charge in [-0.25, -0.2) is 4.79 Å². The monoisotopic (exact) mass is 357 g/mol. The third kappa shape index (κ3) is 4.99. The largest absolute Gasteiger partial charge is 0.452 e. The first-order chi connectivity index (χ1) is 11.3. The van der Waals surface area contributed by atoms with Crippen LogP contribution < -0.4 is 5.32 Å². The number of anilines is 1. The molecule has 0 aromatic heterocycles. The van der Waals surface area contributed by atoms with Crippen molar-refractivity contribution < 1.29 is 27.5 Å². The smallest absolute Gasteiger partial charge is 0.416 e. The lowest BCUT2D eigenvalue weighted by molar-refractivity contribution is -0.137. The minimum Gasteiger partial charge on any atom is -0.452 e. The zero-order chi connectivity index (χ0) is 17.7. The van der Waals surface area contributed by atoms with Crippen LogP contribution in [-0.4, -0.2) is 18.5 Å². The Kier molecular flexibility index (Phi) is 5.46. The van der Waals surface area contributed by atoms with Gasteiger partial charge in [-0.3, -0.25) is 4.79 Å². The fraction of sp³-hybridized carbons (Fsp3) is 0.125. The van der Waals surface area contributed by atoms with E-state index in [0.29, 0.717) is 5.02 Å². The number of halogens is 4. The highest BCUT2D eigenvalue weighted by Crippen LogP contribution is 2.29. The number of carbonyl (C=O) groups excluding carboxylic acids is 2. The van der Waals surface area contributed by atoms with Gasteiger partial charge in [0.25, 0.3) is 5.91 Å². The van der Waals surface area contributed by atoms with Crippen LogP contribution in [-0.2, 0) is 15.7 Å². The Morgan fingerprint density at radius 1 is 1.08 bits per heavy atom. The zero-order valence-electron chi connectivity index (χ0n) is 12.1. The second-order valence-electron chi connectivity index (χ2n) is 4.71. The van der Waals surface area contributed by atoms with Crippen LogP contribution in [0.3, 0.4) is 0 Å². The maximum atomic E-state index is 12.4. The summed E-state index contributed by atoms with van der Waals surface area (Å²) in [5.74, 6) is -1.41. The van der Waals surface area contributed by atoms with Crippen molar-refractivity contribution >= 4 is 29.2 Å². The lowest BCUT2D eigenvalue weighted by Gasteiger charge is -2.09. The van der Waals surface area contributed by atoms with Crippen LogP contribution in [0.15, 0.2) is 48.5 Å². The molecule has 0 radical (unpaired) electrons. The third-order valence-electron chi connectivity index (χ3n) is 2.89. The number of amides is 1. The molecule has 0 saturated carbocycles. The van der Waals surface area contributed by atoms with Crippen LogP contribution in [0.4, 0.5) is 18.9 Å². The number of hydrogen-bond acceptors (Lipinski definition) is 3. The Bertz CT molecular complexity index is 745. The van der Waals surface area contributed by atoms with E-state index < -0.39 is 30.2 Å². The molecular weight excluding hydrogens is 347 g/mol. The molecule has 2 aromatic carbocycles. The lowest BCUT2D eigenvalue weighted by Crippen LogP contribution is -2.21. The molecule has 4 nitrogen and oxygen atoms in total. The molecule has 1 amide bonds. The first-order valence-electron chi connectivity index (χ1n) is 6.65. The number of hydrogen-bond donors (Lipinski definition) is 1. The summed E-state index contributed by atoms with van der Waals surface area (Å²) in [7, 11) is 0. The average Bonchev–Trinajstić information content (AvgIpc) is 2.52. The van der Waals surface area contributed by atoms with Gasteiger partial charge in [0.05, 0.1) is 11.1 Å². The second kappa shape index (κ2) is 7.35. The van der Waals surface area contributed by atoms with Gasteiger partial charge < -0.3 is 10.1 Å². The van der Waals surface area contributed by atoms with Gasteiger partial charge in [0.15, 0.2) is 6.61 Å². The molecule has 0 aliphatic carbocycles. The molecule has 0 saturated heterocycles. The van der Waals surface area contributed by atoms with Crippen molar-refractivity contribution in [1.82, 2.24) is 0 Å². The number of carbonyl (C=O) groups is 2. The van der Waals surface area contributed by atoms with Crippen molar-refractivity contribution in [1.29, 1.82) is 0 Å². The maximum Gasteiger partial charge on any atom is 0.416 e. The molecular formula is C16H11ClF3NO3. The van der Waals surface area contributed by atoms with Gasteiger partial charge in [-0.1, -0.05) is 17.7 Å². The molecule has 8 heteroatoms. The summed E-state index contributed by atoms with van der Waals surface area (Å²) >= 11 is 5.74. The SMILES string of the molecule is O=C(COC(=O)c1cccc(Cl)c1)Nc1ccc(C(F)(F)F)cc1. The van der Waals surface area contributed by atoms with Crippen LogP contribution in [0.2, 0.25) is 5.02 Å². The van der Waals surface area contributed by atoms with Gasteiger partial charge >= 0.3 is 12.1 Å². The molecule has 24 heavy (non-hydrogen) atoms. The Morgan fingerprint density at radius 3 is 2.33 bits per heavy atom. The molecule has 0 fully saturated rings. The highest BCUT2D eigenvalue weighted by atomic mass is 35.5. The number of rotatable bonds is 4. The Labute approximate surface area is 140 Å². The highest BCUT2D eigenvalue weighted by molar-refractivity contribution is 6.30. The predicted molar refractivity (Wildman–Crippen MR) is 81.8 cm³/mol. The number of nitrogens with one attached hydrogen (secondary N) is 1. The van der Waals surface area contributed by atoms with E-state index in [0.717, 1.165) is 24.3 Å². The van der Waals surface area contributed by atoms with Crippen LogP contribution in [0.5, 0.6) is 0 Å². The number of benzene rings is 2. The average molecular weight is 358 g/mol. The van der Waals surface area contributed by atoms with Crippen molar-refractivity contribution in [3.63, 3.8) is 0 Å². The van der Waals surface area contributed by atoms with Gasteiger partial charge in [0.1, 0.15) is 0 Å². The van der Waals surface area contributed by atoms with Crippen LogP contribution in [0.1, 0.15) is 15.9 Å². The normalized spacial score (nSPS) is 11.0. The van der Waals surface area contributed by atoms with Crippen LogP contribution >= 0.6 is 11.6 Å². The van der Waals surface area contributed by atoms with Gasteiger partial charge in [0.2, 0.25) is 0 Å². The quantitative estimate of drug-likeness (QED) is 0.836. The first kappa shape index (κ1) is 17.8. The second-order valence-corrected chi connectivity index (χ2v) is 5.15. The van der Waals surface area contributed by atoms with E-state index >= 15 is 0 Å². The Hall–Kier alpha value is -2.54. The zero-order valence-corrected chi connectivity index (χ0v) is 12.8. The summed E-state index contributed by atoms with van der Waals surface area (Å²) in [6.45, 7) is -0.577. The maximum absolute atomic E-state index is 12.4. The molecule has 0 atom stereocenters. The van der Waals surface area contributed by atoms with Crippen molar-refractivity contribution in [3.05, 3.63) is 64.7 Å². The third-order valence-corrected chi connectivity index (χ3v) is 3.13. The molecule has 0 unspecified atom stereocenters. The fourth-order valence-electron chi connectivity index (χ4n) is 1.77. The van der Waals surface area contributed by atoms with Crippen molar-refractivity contribution in [3.8, 4) is 0 Å². The molecule has 0 spiro atoms. The van der Waals surface area contributed by atoms with Gasteiger partial charge in [0, 0.05) is 10.7 Å². The van der Waals surface area contributed by atoms with E-state index in [1.807, 2.05) is 0 Å². The summed E-state index contributed by atoms with van der Waals surface area (Å²) in [5, 5.41) is 2.68.